The zero-order valence-electron chi connectivity index (χ0n) is 15.9. The van der Waals surface area contributed by atoms with Crippen molar-refractivity contribution in [1.29, 1.82) is 0 Å². The molecule has 2 aromatic heterocycles. The SMILES string of the molecule is Cc1cc(NC(=NC(C)C(C)(C)C)Nc2nccs2)c2ccccc2n1. The normalized spacial score (nSPS) is 13.7. The maximum absolute atomic E-state index is 4.90. The fourth-order valence-corrected chi connectivity index (χ4v) is 2.94. The lowest BCUT2D eigenvalue weighted by molar-refractivity contribution is 0.342. The van der Waals surface area contributed by atoms with E-state index in [4.69, 9.17) is 4.99 Å². The summed E-state index contributed by atoms with van der Waals surface area (Å²) >= 11 is 1.55. The quantitative estimate of drug-likeness (QED) is 0.486. The highest BCUT2D eigenvalue weighted by Crippen LogP contribution is 2.25. The molecule has 0 aliphatic rings. The van der Waals surface area contributed by atoms with Crippen molar-refractivity contribution in [2.75, 3.05) is 10.6 Å². The van der Waals surface area contributed by atoms with Gasteiger partial charge in [0, 0.05) is 22.7 Å². The van der Waals surface area contributed by atoms with Gasteiger partial charge in [-0.1, -0.05) is 39.0 Å². The highest BCUT2D eigenvalue weighted by Gasteiger charge is 2.20. The van der Waals surface area contributed by atoms with Crippen LogP contribution in [0.25, 0.3) is 10.9 Å². The third-order valence-corrected chi connectivity index (χ3v) is 5.02. The molecule has 0 spiro atoms. The van der Waals surface area contributed by atoms with E-state index in [2.05, 4.69) is 54.4 Å². The van der Waals surface area contributed by atoms with E-state index >= 15 is 0 Å². The third kappa shape index (κ3) is 4.38. The molecule has 0 aliphatic carbocycles. The van der Waals surface area contributed by atoms with E-state index in [0.717, 1.165) is 27.4 Å². The first-order valence-electron chi connectivity index (χ1n) is 8.70. The van der Waals surface area contributed by atoms with Crippen molar-refractivity contribution >= 4 is 39.0 Å². The molecule has 3 aromatic rings. The Morgan fingerprint density at radius 1 is 1.19 bits per heavy atom. The second-order valence-corrected chi connectivity index (χ2v) is 8.33. The topological polar surface area (TPSA) is 62.2 Å². The van der Waals surface area contributed by atoms with Crippen molar-refractivity contribution < 1.29 is 0 Å². The molecule has 0 saturated carbocycles. The van der Waals surface area contributed by atoms with E-state index in [9.17, 15) is 0 Å². The van der Waals surface area contributed by atoms with Gasteiger partial charge < -0.3 is 10.6 Å². The number of thiazole rings is 1. The summed E-state index contributed by atoms with van der Waals surface area (Å²) in [6, 6.07) is 10.3. The third-order valence-electron chi connectivity index (χ3n) is 4.33. The number of hydrogen-bond donors (Lipinski definition) is 2. The van der Waals surface area contributed by atoms with Gasteiger partial charge in [0.1, 0.15) is 0 Å². The number of hydrogen-bond acceptors (Lipinski definition) is 4. The molecule has 6 heteroatoms. The first-order chi connectivity index (χ1) is 12.3. The molecule has 2 heterocycles. The number of nitrogens with one attached hydrogen (secondary N) is 2. The Balaban J connectivity index is 1.99. The number of aliphatic imine (C=N–C) groups is 1. The number of aryl methyl sites for hydroxylation is 1. The van der Waals surface area contributed by atoms with Crippen LogP contribution in [0.4, 0.5) is 10.8 Å². The Labute approximate surface area is 158 Å². The maximum atomic E-state index is 4.90. The predicted octanol–water partition coefficient (Wildman–Crippen LogP) is 5.31. The first kappa shape index (κ1) is 18.3. The second kappa shape index (κ2) is 7.41. The van der Waals surface area contributed by atoms with Crippen molar-refractivity contribution in [2.24, 2.45) is 10.4 Å². The van der Waals surface area contributed by atoms with E-state index < -0.39 is 0 Å². The number of guanidine groups is 1. The van der Waals surface area contributed by atoms with Crippen LogP contribution < -0.4 is 10.6 Å². The Morgan fingerprint density at radius 3 is 2.65 bits per heavy atom. The summed E-state index contributed by atoms with van der Waals surface area (Å²) in [7, 11) is 0. The van der Waals surface area contributed by atoms with Crippen molar-refractivity contribution in [3.63, 3.8) is 0 Å². The highest BCUT2D eigenvalue weighted by molar-refractivity contribution is 7.13. The minimum Gasteiger partial charge on any atom is -0.325 e. The van der Waals surface area contributed by atoms with Gasteiger partial charge in [0.25, 0.3) is 0 Å². The van der Waals surface area contributed by atoms with Gasteiger partial charge in [-0.3, -0.25) is 4.98 Å². The summed E-state index contributed by atoms with van der Waals surface area (Å²) in [6.07, 6.45) is 1.78. The minimum atomic E-state index is 0.0632. The van der Waals surface area contributed by atoms with E-state index in [1.807, 2.05) is 36.6 Å². The summed E-state index contributed by atoms with van der Waals surface area (Å²) in [4.78, 5) is 13.8. The fraction of sp³-hybridized carbons (Fsp3) is 0.350. The van der Waals surface area contributed by atoms with Gasteiger partial charge in [-0.05, 0) is 31.4 Å². The van der Waals surface area contributed by atoms with Crippen molar-refractivity contribution in [1.82, 2.24) is 9.97 Å². The fourth-order valence-electron chi connectivity index (χ4n) is 2.41. The van der Waals surface area contributed by atoms with Crippen molar-refractivity contribution in [2.45, 2.75) is 40.7 Å². The predicted molar refractivity (Wildman–Crippen MR) is 112 cm³/mol. The second-order valence-electron chi connectivity index (χ2n) is 7.44. The number of anilines is 2. The van der Waals surface area contributed by atoms with Gasteiger partial charge in [0.15, 0.2) is 5.13 Å². The Morgan fingerprint density at radius 2 is 1.96 bits per heavy atom. The summed E-state index contributed by atoms with van der Waals surface area (Å²) in [6.45, 7) is 10.7. The van der Waals surface area contributed by atoms with Crippen LogP contribution in [0, 0.1) is 12.3 Å². The number of pyridine rings is 1. The first-order valence-corrected chi connectivity index (χ1v) is 9.58. The molecule has 1 atom stereocenters. The van der Waals surface area contributed by atoms with Crippen LogP contribution >= 0.6 is 11.3 Å². The number of aromatic nitrogens is 2. The average Bonchev–Trinajstić information content (AvgIpc) is 3.06. The maximum Gasteiger partial charge on any atom is 0.202 e. The molecule has 2 N–H and O–H groups in total. The van der Waals surface area contributed by atoms with Gasteiger partial charge in [-0.15, -0.1) is 11.3 Å². The lowest BCUT2D eigenvalue weighted by atomic mass is 9.88. The molecule has 26 heavy (non-hydrogen) atoms. The van der Waals surface area contributed by atoms with Crippen LogP contribution in [0.5, 0.6) is 0 Å². The van der Waals surface area contributed by atoms with Crippen molar-refractivity contribution in [3.05, 3.63) is 47.6 Å². The number of benzene rings is 1. The van der Waals surface area contributed by atoms with E-state index in [-0.39, 0.29) is 11.5 Å². The zero-order chi connectivity index (χ0) is 18.7. The molecule has 5 nitrogen and oxygen atoms in total. The van der Waals surface area contributed by atoms with Gasteiger partial charge in [0.2, 0.25) is 5.96 Å². The van der Waals surface area contributed by atoms with Gasteiger partial charge in [-0.2, -0.15) is 0 Å². The number of para-hydroxylation sites is 1. The number of nitrogens with zero attached hydrogens (tertiary/aromatic N) is 3. The summed E-state index contributed by atoms with van der Waals surface area (Å²) in [5, 5.41) is 10.6. The van der Waals surface area contributed by atoms with E-state index in [1.54, 1.807) is 17.5 Å². The van der Waals surface area contributed by atoms with Crippen molar-refractivity contribution in [3.8, 4) is 0 Å². The minimum absolute atomic E-state index is 0.0632. The smallest absolute Gasteiger partial charge is 0.202 e. The van der Waals surface area contributed by atoms with E-state index in [0.29, 0.717) is 5.96 Å². The molecular formula is C20H25N5S. The number of rotatable bonds is 3. The Hall–Kier alpha value is -2.47. The molecule has 0 fully saturated rings. The van der Waals surface area contributed by atoms with Crippen LogP contribution in [0.2, 0.25) is 0 Å². The van der Waals surface area contributed by atoms with Gasteiger partial charge in [0.05, 0.1) is 17.2 Å². The summed E-state index contributed by atoms with van der Waals surface area (Å²) in [5.41, 5.74) is 2.97. The van der Waals surface area contributed by atoms with Crippen LogP contribution in [0.3, 0.4) is 0 Å². The van der Waals surface area contributed by atoms with Crippen LogP contribution in [0.1, 0.15) is 33.4 Å². The summed E-state index contributed by atoms with van der Waals surface area (Å²) in [5.74, 6) is 0.693. The lowest BCUT2D eigenvalue weighted by Crippen LogP contribution is -2.29. The van der Waals surface area contributed by atoms with Crippen LogP contribution in [-0.4, -0.2) is 22.0 Å². The molecule has 1 unspecified atom stereocenters. The molecule has 0 saturated heterocycles. The highest BCUT2D eigenvalue weighted by atomic mass is 32.1. The zero-order valence-corrected chi connectivity index (χ0v) is 16.7. The van der Waals surface area contributed by atoms with Crippen LogP contribution in [-0.2, 0) is 0 Å². The molecule has 1 aromatic carbocycles. The van der Waals surface area contributed by atoms with Gasteiger partial charge in [-0.25, -0.2) is 9.98 Å². The van der Waals surface area contributed by atoms with Crippen LogP contribution in [0.15, 0.2) is 46.9 Å². The number of fused-ring (bicyclic) bond motifs is 1. The molecule has 0 bridgehead atoms. The lowest BCUT2D eigenvalue weighted by Gasteiger charge is -2.25. The molecule has 0 aliphatic heterocycles. The monoisotopic (exact) mass is 367 g/mol. The molecule has 3 rings (SSSR count). The molecule has 0 amide bonds. The van der Waals surface area contributed by atoms with E-state index in [1.165, 1.54) is 0 Å². The molecule has 136 valence electrons. The molecule has 0 radical (unpaired) electrons. The Kier molecular flexibility index (Phi) is 5.23. The summed E-state index contributed by atoms with van der Waals surface area (Å²) < 4.78 is 0. The molecular weight excluding hydrogens is 342 g/mol. The van der Waals surface area contributed by atoms with Gasteiger partial charge >= 0.3 is 0 Å². The standard InChI is InChI=1S/C20H25N5S/c1-13-12-17(15-8-6-7-9-16(15)22-13)24-18(23-14(2)20(3,4)5)25-19-21-10-11-26-19/h6-12,14H,1-5H3,(H2,21,22,23,24,25). The Bertz CT molecular complexity index is 910. The average molecular weight is 368 g/mol. The largest absolute Gasteiger partial charge is 0.325 e.